The van der Waals surface area contributed by atoms with Crippen LogP contribution in [0.4, 0.5) is 0 Å². The predicted octanol–water partition coefficient (Wildman–Crippen LogP) is 6.57. The lowest BCUT2D eigenvalue weighted by Crippen LogP contribution is -2.01. The minimum atomic E-state index is 0.373. The van der Waals surface area contributed by atoms with Crippen LogP contribution in [0.15, 0.2) is 60.7 Å². The topological polar surface area (TPSA) is 70.9 Å². The molecule has 160 valence electrons. The monoisotopic (exact) mass is 443 g/mol. The van der Waals surface area contributed by atoms with Crippen molar-refractivity contribution in [1.29, 1.82) is 5.26 Å². The average molecular weight is 444 g/mol. The molecule has 0 atom stereocenters. The zero-order valence-electron chi connectivity index (χ0n) is 17.9. The van der Waals surface area contributed by atoms with Crippen molar-refractivity contribution in [3.05, 3.63) is 88.2 Å². The smallest absolute Gasteiger partial charge is 0.180 e. The molecule has 1 heterocycles. The Hall–Kier alpha value is -3.75. The standard InChI is InChI=1S/C26H22ClN3O2/c1-3-31-24-14-19(13-21(27)25(24)32-16-18-7-5-4-6-8-18)12-20(15-28)26-29-22-10-9-17(2)11-23(22)30-26/h4-14H,3,16H2,1-2H3,(H,29,30). The molecule has 3 aromatic carbocycles. The van der Waals surface area contributed by atoms with Crippen LogP contribution in [0, 0.1) is 18.3 Å². The molecule has 0 aliphatic heterocycles. The van der Waals surface area contributed by atoms with Gasteiger partial charge in [-0.15, -0.1) is 0 Å². The summed E-state index contributed by atoms with van der Waals surface area (Å²) in [6.45, 7) is 4.74. The Kier molecular flexibility index (Phi) is 6.44. The summed E-state index contributed by atoms with van der Waals surface area (Å²) in [4.78, 5) is 7.77. The minimum Gasteiger partial charge on any atom is -0.490 e. The molecule has 0 saturated carbocycles. The Morgan fingerprint density at radius 1 is 1.12 bits per heavy atom. The van der Waals surface area contributed by atoms with E-state index < -0.39 is 0 Å². The van der Waals surface area contributed by atoms with Crippen LogP contribution in [0.1, 0.15) is 29.4 Å². The molecule has 32 heavy (non-hydrogen) atoms. The number of benzene rings is 3. The predicted molar refractivity (Wildman–Crippen MR) is 128 cm³/mol. The number of imidazole rings is 1. The van der Waals surface area contributed by atoms with Crippen molar-refractivity contribution in [1.82, 2.24) is 9.97 Å². The summed E-state index contributed by atoms with van der Waals surface area (Å²) in [5, 5.41) is 10.2. The maximum Gasteiger partial charge on any atom is 0.180 e. The Labute approximate surface area is 191 Å². The molecule has 4 rings (SSSR count). The lowest BCUT2D eigenvalue weighted by Gasteiger charge is -2.14. The maximum atomic E-state index is 9.76. The number of fused-ring (bicyclic) bond motifs is 1. The fraction of sp³-hybridized carbons (Fsp3) is 0.154. The van der Waals surface area contributed by atoms with Crippen LogP contribution in [-0.4, -0.2) is 16.6 Å². The molecule has 0 fully saturated rings. The first-order chi connectivity index (χ1) is 15.6. The molecule has 0 spiro atoms. The van der Waals surface area contributed by atoms with E-state index in [0.717, 1.165) is 27.7 Å². The van der Waals surface area contributed by atoms with E-state index in [-0.39, 0.29) is 0 Å². The molecule has 0 bridgehead atoms. The lowest BCUT2D eigenvalue weighted by molar-refractivity contribution is 0.269. The number of H-pyrrole nitrogens is 1. The van der Waals surface area contributed by atoms with E-state index in [2.05, 4.69) is 16.0 Å². The Morgan fingerprint density at radius 3 is 2.69 bits per heavy atom. The van der Waals surface area contributed by atoms with Gasteiger partial charge in [-0.1, -0.05) is 48.0 Å². The number of aromatic amines is 1. The second kappa shape index (κ2) is 9.59. The SMILES string of the molecule is CCOc1cc(C=C(C#N)c2nc3ccc(C)cc3[nH]2)cc(Cl)c1OCc1ccccc1. The molecule has 0 radical (unpaired) electrons. The third-order valence-corrected chi connectivity index (χ3v) is 5.16. The van der Waals surface area contributed by atoms with Gasteiger partial charge in [0.1, 0.15) is 18.5 Å². The average Bonchev–Trinajstić information content (AvgIpc) is 3.20. The van der Waals surface area contributed by atoms with Crippen LogP contribution in [-0.2, 0) is 6.61 Å². The van der Waals surface area contributed by atoms with Gasteiger partial charge in [-0.25, -0.2) is 4.98 Å². The van der Waals surface area contributed by atoms with E-state index in [1.807, 2.05) is 68.4 Å². The van der Waals surface area contributed by atoms with Crippen molar-refractivity contribution in [3.8, 4) is 17.6 Å². The van der Waals surface area contributed by atoms with Crippen LogP contribution in [0.25, 0.3) is 22.7 Å². The highest BCUT2D eigenvalue weighted by molar-refractivity contribution is 6.32. The third-order valence-electron chi connectivity index (χ3n) is 4.88. The first kappa shape index (κ1) is 21.5. The molecule has 6 heteroatoms. The van der Waals surface area contributed by atoms with Gasteiger partial charge in [-0.05, 0) is 60.9 Å². The van der Waals surface area contributed by atoms with Crippen molar-refractivity contribution < 1.29 is 9.47 Å². The number of hydrogen-bond acceptors (Lipinski definition) is 4. The lowest BCUT2D eigenvalue weighted by atomic mass is 10.1. The molecule has 0 aliphatic rings. The highest BCUT2D eigenvalue weighted by Gasteiger charge is 2.14. The van der Waals surface area contributed by atoms with Crippen molar-refractivity contribution in [2.24, 2.45) is 0 Å². The van der Waals surface area contributed by atoms with Crippen LogP contribution >= 0.6 is 11.6 Å². The summed E-state index contributed by atoms with van der Waals surface area (Å²) < 4.78 is 11.8. The van der Waals surface area contributed by atoms with Crippen LogP contribution < -0.4 is 9.47 Å². The number of ether oxygens (including phenoxy) is 2. The summed E-state index contributed by atoms with van der Waals surface area (Å²) in [6.07, 6.45) is 1.74. The van der Waals surface area contributed by atoms with E-state index in [0.29, 0.717) is 41.1 Å². The molecular weight excluding hydrogens is 422 g/mol. The van der Waals surface area contributed by atoms with E-state index >= 15 is 0 Å². The Bertz CT molecular complexity index is 1320. The highest BCUT2D eigenvalue weighted by Crippen LogP contribution is 2.38. The number of nitrogens with one attached hydrogen (secondary N) is 1. The van der Waals surface area contributed by atoms with E-state index in [1.165, 1.54) is 0 Å². The van der Waals surface area contributed by atoms with Gasteiger partial charge in [0.25, 0.3) is 0 Å². The molecule has 4 aromatic rings. The molecule has 5 nitrogen and oxygen atoms in total. The molecule has 0 aliphatic carbocycles. The van der Waals surface area contributed by atoms with Gasteiger partial charge in [0.15, 0.2) is 11.5 Å². The third kappa shape index (κ3) is 4.77. The van der Waals surface area contributed by atoms with Gasteiger partial charge in [0, 0.05) is 0 Å². The summed E-state index contributed by atoms with van der Waals surface area (Å²) in [7, 11) is 0. The Balaban J connectivity index is 1.67. The van der Waals surface area contributed by atoms with Crippen molar-refractivity contribution in [3.63, 3.8) is 0 Å². The quantitative estimate of drug-likeness (QED) is 0.328. The second-order valence-electron chi connectivity index (χ2n) is 7.31. The van der Waals surface area contributed by atoms with Crippen molar-refractivity contribution in [2.45, 2.75) is 20.5 Å². The fourth-order valence-corrected chi connectivity index (χ4v) is 3.65. The number of nitrogens with zero attached hydrogens (tertiary/aromatic N) is 2. The zero-order chi connectivity index (χ0) is 22.5. The summed E-state index contributed by atoms with van der Waals surface area (Å²) in [6, 6.07) is 21.6. The first-order valence-electron chi connectivity index (χ1n) is 10.3. The molecule has 1 aromatic heterocycles. The van der Waals surface area contributed by atoms with E-state index in [9.17, 15) is 5.26 Å². The maximum absolute atomic E-state index is 9.76. The number of nitriles is 1. The molecule has 0 amide bonds. The summed E-state index contributed by atoms with van der Waals surface area (Å²) in [5.74, 6) is 1.51. The number of aryl methyl sites for hydroxylation is 1. The Morgan fingerprint density at radius 2 is 1.94 bits per heavy atom. The zero-order valence-corrected chi connectivity index (χ0v) is 18.6. The minimum absolute atomic E-state index is 0.373. The summed E-state index contributed by atoms with van der Waals surface area (Å²) >= 11 is 6.55. The van der Waals surface area contributed by atoms with Crippen LogP contribution in [0.2, 0.25) is 5.02 Å². The normalized spacial score (nSPS) is 11.4. The number of allylic oxidation sites excluding steroid dienone is 1. The largest absolute Gasteiger partial charge is 0.490 e. The van der Waals surface area contributed by atoms with Gasteiger partial charge in [-0.3, -0.25) is 0 Å². The van der Waals surface area contributed by atoms with Crippen LogP contribution in [0.5, 0.6) is 11.5 Å². The molecule has 0 unspecified atom stereocenters. The van der Waals surface area contributed by atoms with Crippen molar-refractivity contribution in [2.75, 3.05) is 6.61 Å². The van der Waals surface area contributed by atoms with Gasteiger partial charge < -0.3 is 14.5 Å². The van der Waals surface area contributed by atoms with Crippen molar-refractivity contribution >= 4 is 34.3 Å². The number of rotatable bonds is 7. The van der Waals surface area contributed by atoms with E-state index in [1.54, 1.807) is 12.1 Å². The van der Waals surface area contributed by atoms with Crippen LogP contribution in [0.3, 0.4) is 0 Å². The van der Waals surface area contributed by atoms with Gasteiger partial charge in [-0.2, -0.15) is 5.26 Å². The number of hydrogen-bond donors (Lipinski definition) is 1. The van der Waals surface area contributed by atoms with Gasteiger partial charge >= 0.3 is 0 Å². The van der Waals surface area contributed by atoms with Gasteiger partial charge in [0.05, 0.1) is 28.2 Å². The first-order valence-corrected chi connectivity index (χ1v) is 10.7. The molecule has 0 saturated heterocycles. The highest BCUT2D eigenvalue weighted by atomic mass is 35.5. The van der Waals surface area contributed by atoms with Gasteiger partial charge in [0.2, 0.25) is 0 Å². The number of halogens is 1. The second-order valence-corrected chi connectivity index (χ2v) is 7.72. The molecule has 1 N–H and O–H groups in total. The fourth-order valence-electron chi connectivity index (χ4n) is 3.38. The summed E-state index contributed by atoms with van der Waals surface area (Å²) in [5.41, 5.74) is 4.97. The molecular formula is C26H22ClN3O2. The van der Waals surface area contributed by atoms with E-state index in [4.69, 9.17) is 21.1 Å². The number of aromatic nitrogens is 2.